The third-order valence-corrected chi connectivity index (χ3v) is 5.71. The lowest BCUT2D eigenvalue weighted by Crippen LogP contribution is -2.52. The van der Waals surface area contributed by atoms with Crippen LogP contribution in [-0.2, 0) is 9.59 Å². The number of benzene rings is 1. The standard InChI is InChI=1S/C21H31FN4O2/c1-17-5-2-3-9-26(17)21(28)16-25-13-11-24(12-14-25)10-8-20(27)23-19-7-4-6-18(22)15-19/h4,6-7,15,17H,2-3,5,8-14,16H2,1H3,(H,23,27)/t17-/m1/s1. The van der Waals surface area contributed by atoms with Gasteiger partial charge in [0.25, 0.3) is 0 Å². The van der Waals surface area contributed by atoms with Crippen molar-refractivity contribution in [3.05, 3.63) is 30.1 Å². The highest BCUT2D eigenvalue weighted by atomic mass is 19.1. The molecule has 2 amide bonds. The van der Waals surface area contributed by atoms with Crippen LogP contribution in [0.4, 0.5) is 10.1 Å². The highest BCUT2D eigenvalue weighted by molar-refractivity contribution is 5.90. The molecule has 2 heterocycles. The molecule has 28 heavy (non-hydrogen) atoms. The van der Waals surface area contributed by atoms with Gasteiger partial charge in [0.05, 0.1) is 6.54 Å². The fourth-order valence-electron chi connectivity index (χ4n) is 3.97. The smallest absolute Gasteiger partial charge is 0.236 e. The predicted octanol–water partition coefficient (Wildman–Crippen LogP) is 2.17. The van der Waals surface area contributed by atoms with E-state index < -0.39 is 0 Å². The summed E-state index contributed by atoms with van der Waals surface area (Å²) in [7, 11) is 0. The minimum atomic E-state index is -0.359. The normalized spacial score (nSPS) is 21.5. The zero-order valence-corrected chi connectivity index (χ0v) is 16.7. The van der Waals surface area contributed by atoms with E-state index in [2.05, 4.69) is 22.0 Å². The Bertz CT molecular complexity index is 676. The van der Waals surface area contributed by atoms with E-state index in [0.717, 1.165) is 45.6 Å². The van der Waals surface area contributed by atoms with E-state index in [1.807, 2.05) is 4.90 Å². The molecule has 0 saturated carbocycles. The summed E-state index contributed by atoms with van der Waals surface area (Å²) in [5, 5.41) is 2.73. The molecule has 6 nitrogen and oxygen atoms in total. The molecule has 0 aliphatic carbocycles. The number of rotatable bonds is 6. The fourth-order valence-corrected chi connectivity index (χ4v) is 3.97. The average molecular weight is 391 g/mol. The topological polar surface area (TPSA) is 55.9 Å². The molecule has 0 aromatic heterocycles. The van der Waals surface area contributed by atoms with Crippen LogP contribution in [0.5, 0.6) is 0 Å². The number of piperidine rings is 1. The largest absolute Gasteiger partial charge is 0.339 e. The molecule has 7 heteroatoms. The van der Waals surface area contributed by atoms with Crippen molar-refractivity contribution in [2.24, 2.45) is 0 Å². The zero-order chi connectivity index (χ0) is 19.9. The molecular formula is C21H31FN4O2. The second kappa shape index (κ2) is 9.98. The molecule has 154 valence electrons. The molecule has 2 fully saturated rings. The van der Waals surface area contributed by atoms with Crippen LogP contribution in [0.25, 0.3) is 0 Å². The molecule has 0 radical (unpaired) electrons. The predicted molar refractivity (Wildman–Crippen MR) is 108 cm³/mol. The molecule has 2 aliphatic rings. The Morgan fingerprint density at radius 2 is 1.86 bits per heavy atom. The van der Waals surface area contributed by atoms with E-state index in [1.165, 1.54) is 18.6 Å². The van der Waals surface area contributed by atoms with Gasteiger partial charge < -0.3 is 15.1 Å². The van der Waals surface area contributed by atoms with Crippen LogP contribution in [0, 0.1) is 5.82 Å². The number of amides is 2. The number of likely N-dealkylation sites (tertiary alicyclic amines) is 1. The molecule has 3 rings (SSSR count). The van der Waals surface area contributed by atoms with Crippen LogP contribution in [0.2, 0.25) is 0 Å². The van der Waals surface area contributed by atoms with Gasteiger partial charge in [-0.05, 0) is 44.4 Å². The van der Waals surface area contributed by atoms with Crippen molar-refractivity contribution in [1.29, 1.82) is 0 Å². The number of piperazine rings is 1. The summed E-state index contributed by atoms with van der Waals surface area (Å²) >= 11 is 0. The molecule has 0 unspecified atom stereocenters. The van der Waals surface area contributed by atoms with Crippen LogP contribution in [0.1, 0.15) is 32.6 Å². The van der Waals surface area contributed by atoms with Crippen molar-refractivity contribution in [3.63, 3.8) is 0 Å². The molecule has 0 spiro atoms. The van der Waals surface area contributed by atoms with E-state index in [-0.39, 0.29) is 17.6 Å². The van der Waals surface area contributed by atoms with Crippen molar-refractivity contribution in [2.75, 3.05) is 51.1 Å². The second-order valence-corrected chi connectivity index (χ2v) is 7.86. The number of hydrogen-bond donors (Lipinski definition) is 1. The Hall–Kier alpha value is -1.99. The van der Waals surface area contributed by atoms with Gasteiger partial charge in [0.15, 0.2) is 0 Å². The van der Waals surface area contributed by atoms with E-state index in [9.17, 15) is 14.0 Å². The van der Waals surface area contributed by atoms with Crippen molar-refractivity contribution in [1.82, 2.24) is 14.7 Å². The number of carbonyl (C=O) groups excluding carboxylic acids is 2. The van der Waals surface area contributed by atoms with Crippen LogP contribution in [0.15, 0.2) is 24.3 Å². The van der Waals surface area contributed by atoms with Crippen molar-refractivity contribution in [3.8, 4) is 0 Å². The van der Waals surface area contributed by atoms with Crippen LogP contribution in [0.3, 0.4) is 0 Å². The van der Waals surface area contributed by atoms with Gasteiger partial charge in [0.1, 0.15) is 5.82 Å². The first-order valence-corrected chi connectivity index (χ1v) is 10.3. The summed E-state index contributed by atoms with van der Waals surface area (Å²) in [6.45, 7) is 7.61. The Morgan fingerprint density at radius 3 is 2.57 bits per heavy atom. The lowest BCUT2D eigenvalue weighted by molar-refractivity contribution is -0.136. The quantitative estimate of drug-likeness (QED) is 0.809. The van der Waals surface area contributed by atoms with Gasteiger partial charge in [-0.3, -0.25) is 14.5 Å². The molecule has 2 aliphatic heterocycles. The first-order chi connectivity index (χ1) is 13.5. The van der Waals surface area contributed by atoms with Gasteiger partial charge in [-0.25, -0.2) is 4.39 Å². The summed E-state index contributed by atoms with van der Waals surface area (Å²) in [6.07, 6.45) is 3.82. The van der Waals surface area contributed by atoms with Gasteiger partial charge in [0.2, 0.25) is 11.8 Å². The van der Waals surface area contributed by atoms with E-state index in [1.54, 1.807) is 12.1 Å². The number of hydrogen-bond acceptors (Lipinski definition) is 4. The first-order valence-electron chi connectivity index (χ1n) is 10.3. The van der Waals surface area contributed by atoms with Crippen molar-refractivity contribution < 1.29 is 14.0 Å². The van der Waals surface area contributed by atoms with Crippen LogP contribution in [-0.4, -0.2) is 78.4 Å². The maximum Gasteiger partial charge on any atom is 0.236 e. The maximum absolute atomic E-state index is 13.2. The third-order valence-electron chi connectivity index (χ3n) is 5.71. The number of anilines is 1. The maximum atomic E-state index is 13.2. The number of nitrogens with one attached hydrogen (secondary N) is 1. The minimum Gasteiger partial charge on any atom is -0.339 e. The van der Waals surface area contributed by atoms with E-state index >= 15 is 0 Å². The Morgan fingerprint density at radius 1 is 1.11 bits per heavy atom. The Balaban J connectivity index is 1.35. The molecular weight excluding hydrogens is 359 g/mol. The van der Waals surface area contributed by atoms with Crippen molar-refractivity contribution >= 4 is 17.5 Å². The molecule has 2 saturated heterocycles. The molecule has 1 aromatic carbocycles. The lowest BCUT2D eigenvalue weighted by Gasteiger charge is -2.38. The number of nitrogens with zero attached hydrogens (tertiary/aromatic N) is 3. The molecule has 1 atom stereocenters. The summed E-state index contributed by atoms with van der Waals surface area (Å²) in [6, 6.07) is 6.29. The highest BCUT2D eigenvalue weighted by Crippen LogP contribution is 2.17. The van der Waals surface area contributed by atoms with Gasteiger partial charge in [-0.2, -0.15) is 0 Å². The monoisotopic (exact) mass is 390 g/mol. The van der Waals surface area contributed by atoms with Gasteiger partial charge in [-0.15, -0.1) is 0 Å². The first kappa shape index (κ1) is 20.7. The number of halogens is 1. The third kappa shape index (κ3) is 6.01. The van der Waals surface area contributed by atoms with E-state index in [0.29, 0.717) is 31.2 Å². The minimum absolute atomic E-state index is 0.109. The number of carbonyl (C=O) groups is 2. The lowest BCUT2D eigenvalue weighted by atomic mass is 10.0. The summed E-state index contributed by atoms with van der Waals surface area (Å²) in [5.41, 5.74) is 0.486. The van der Waals surface area contributed by atoms with Crippen LogP contribution >= 0.6 is 0 Å². The second-order valence-electron chi connectivity index (χ2n) is 7.86. The van der Waals surface area contributed by atoms with E-state index in [4.69, 9.17) is 0 Å². The Kier molecular flexibility index (Phi) is 7.39. The van der Waals surface area contributed by atoms with Crippen molar-refractivity contribution in [2.45, 2.75) is 38.6 Å². The zero-order valence-electron chi connectivity index (χ0n) is 16.7. The SMILES string of the molecule is C[C@@H]1CCCCN1C(=O)CN1CCN(CCC(=O)Nc2cccc(F)c2)CC1. The van der Waals surface area contributed by atoms with Gasteiger partial charge in [0, 0.05) is 57.4 Å². The molecule has 1 aromatic rings. The van der Waals surface area contributed by atoms with Crippen LogP contribution < -0.4 is 5.32 Å². The molecule has 0 bridgehead atoms. The fraction of sp³-hybridized carbons (Fsp3) is 0.619. The molecule has 1 N–H and O–H groups in total. The van der Waals surface area contributed by atoms with Gasteiger partial charge >= 0.3 is 0 Å². The Labute approximate surface area is 166 Å². The van der Waals surface area contributed by atoms with Gasteiger partial charge in [-0.1, -0.05) is 6.07 Å². The summed E-state index contributed by atoms with van der Waals surface area (Å²) < 4.78 is 13.2. The summed E-state index contributed by atoms with van der Waals surface area (Å²) in [5.74, 6) is -0.222. The average Bonchev–Trinajstić information content (AvgIpc) is 2.68. The summed E-state index contributed by atoms with van der Waals surface area (Å²) in [4.78, 5) is 31.1. The highest BCUT2D eigenvalue weighted by Gasteiger charge is 2.26.